The lowest BCUT2D eigenvalue weighted by molar-refractivity contribution is -0.144. The van der Waals surface area contributed by atoms with Gasteiger partial charge < -0.3 is 15.2 Å². The summed E-state index contributed by atoms with van der Waals surface area (Å²) in [6.45, 7) is 0.0187. The molecule has 3 rings (SSSR count). The molecule has 1 fully saturated rings. The van der Waals surface area contributed by atoms with E-state index in [9.17, 15) is 9.59 Å². The molecule has 1 heterocycles. The van der Waals surface area contributed by atoms with Crippen molar-refractivity contribution in [1.29, 1.82) is 0 Å². The fourth-order valence-electron chi connectivity index (χ4n) is 2.36. The Balaban J connectivity index is 1.83. The SMILES string of the molecule is O=C(O)C1CN(C(=O)NC2CCC2)c2ccccc2O1. The van der Waals surface area contributed by atoms with Crippen LogP contribution < -0.4 is 15.0 Å². The zero-order valence-corrected chi connectivity index (χ0v) is 10.9. The van der Waals surface area contributed by atoms with Gasteiger partial charge in [-0.05, 0) is 31.4 Å². The first-order valence-electron chi connectivity index (χ1n) is 6.71. The number of urea groups is 1. The van der Waals surface area contributed by atoms with E-state index in [2.05, 4.69) is 5.32 Å². The molecule has 106 valence electrons. The van der Waals surface area contributed by atoms with Crippen LogP contribution in [0.5, 0.6) is 5.75 Å². The number of carboxylic acids is 1. The predicted molar refractivity (Wildman–Crippen MR) is 72.0 cm³/mol. The van der Waals surface area contributed by atoms with Crippen molar-refractivity contribution in [1.82, 2.24) is 5.32 Å². The van der Waals surface area contributed by atoms with Crippen LogP contribution >= 0.6 is 0 Å². The zero-order chi connectivity index (χ0) is 14.1. The van der Waals surface area contributed by atoms with Gasteiger partial charge in [-0.3, -0.25) is 4.90 Å². The largest absolute Gasteiger partial charge is 0.478 e. The number of hydrogen-bond acceptors (Lipinski definition) is 3. The first kappa shape index (κ1) is 12.8. The molecule has 6 nitrogen and oxygen atoms in total. The van der Waals surface area contributed by atoms with Crippen LogP contribution in [0.15, 0.2) is 24.3 Å². The standard InChI is InChI=1S/C14H16N2O4/c17-13(18)12-8-16(14(19)15-9-4-3-5-9)10-6-1-2-7-11(10)20-12/h1-2,6-7,9,12H,3-5,8H2,(H,15,19)(H,17,18). The van der Waals surface area contributed by atoms with Gasteiger partial charge in [0.2, 0.25) is 6.10 Å². The van der Waals surface area contributed by atoms with Crippen molar-refractivity contribution in [2.75, 3.05) is 11.4 Å². The summed E-state index contributed by atoms with van der Waals surface area (Å²) in [4.78, 5) is 24.9. The van der Waals surface area contributed by atoms with E-state index in [0.717, 1.165) is 19.3 Å². The van der Waals surface area contributed by atoms with Crippen LogP contribution in [0.4, 0.5) is 10.5 Å². The second-order valence-corrected chi connectivity index (χ2v) is 5.10. The monoisotopic (exact) mass is 276 g/mol. The number of fused-ring (bicyclic) bond motifs is 1. The molecule has 1 aliphatic carbocycles. The Morgan fingerprint density at radius 3 is 2.70 bits per heavy atom. The van der Waals surface area contributed by atoms with Gasteiger partial charge >= 0.3 is 12.0 Å². The quantitative estimate of drug-likeness (QED) is 0.860. The third-order valence-corrected chi connectivity index (χ3v) is 3.73. The summed E-state index contributed by atoms with van der Waals surface area (Å²) < 4.78 is 5.40. The lowest BCUT2D eigenvalue weighted by Gasteiger charge is -2.35. The number of nitrogens with one attached hydrogen (secondary N) is 1. The van der Waals surface area contributed by atoms with Crippen LogP contribution in [-0.2, 0) is 4.79 Å². The molecule has 1 unspecified atom stereocenters. The van der Waals surface area contributed by atoms with E-state index in [4.69, 9.17) is 9.84 Å². The Labute approximate surface area is 116 Å². The van der Waals surface area contributed by atoms with Crippen LogP contribution in [0.25, 0.3) is 0 Å². The van der Waals surface area contributed by atoms with Gasteiger partial charge in [-0.1, -0.05) is 12.1 Å². The van der Waals surface area contributed by atoms with E-state index >= 15 is 0 Å². The molecule has 1 aromatic rings. The lowest BCUT2D eigenvalue weighted by Crippen LogP contribution is -2.53. The minimum absolute atomic E-state index is 0.0187. The summed E-state index contributed by atoms with van der Waals surface area (Å²) in [5.41, 5.74) is 0.613. The molecule has 0 spiro atoms. The van der Waals surface area contributed by atoms with Crippen molar-refractivity contribution in [2.45, 2.75) is 31.4 Å². The number of carbonyl (C=O) groups excluding carboxylic acids is 1. The number of ether oxygens (including phenoxy) is 1. The van der Waals surface area contributed by atoms with Crippen LogP contribution in [-0.4, -0.2) is 35.8 Å². The van der Waals surface area contributed by atoms with Gasteiger partial charge in [0.1, 0.15) is 5.75 Å². The number of rotatable bonds is 2. The summed E-state index contributed by atoms with van der Waals surface area (Å²) in [5, 5.41) is 12.0. The Bertz CT molecular complexity index is 542. The Hall–Kier alpha value is -2.24. The van der Waals surface area contributed by atoms with Gasteiger partial charge in [0.25, 0.3) is 0 Å². The van der Waals surface area contributed by atoms with E-state index in [0.29, 0.717) is 11.4 Å². The minimum atomic E-state index is -1.07. The Kier molecular flexibility index (Phi) is 3.22. The zero-order valence-electron chi connectivity index (χ0n) is 10.9. The molecule has 20 heavy (non-hydrogen) atoms. The fraction of sp³-hybridized carbons (Fsp3) is 0.429. The molecule has 0 bridgehead atoms. The Morgan fingerprint density at radius 1 is 1.30 bits per heavy atom. The molecule has 2 amide bonds. The summed E-state index contributed by atoms with van der Waals surface area (Å²) in [6.07, 6.45) is 2.07. The van der Waals surface area contributed by atoms with Crippen molar-refractivity contribution in [3.05, 3.63) is 24.3 Å². The van der Waals surface area contributed by atoms with Crippen molar-refractivity contribution in [3.8, 4) is 5.75 Å². The lowest BCUT2D eigenvalue weighted by atomic mass is 9.93. The summed E-state index contributed by atoms with van der Waals surface area (Å²) in [5.74, 6) is -0.643. The molecular formula is C14H16N2O4. The average Bonchev–Trinajstić information content (AvgIpc) is 2.41. The first-order chi connectivity index (χ1) is 9.65. The van der Waals surface area contributed by atoms with Crippen LogP contribution in [0.3, 0.4) is 0 Å². The summed E-state index contributed by atoms with van der Waals surface area (Å²) in [7, 11) is 0. The number of aliphatic carboxylic acids is 1. The summed E-state index contributed by atoms with van der Waals surface area (Å²) >= 11 is 0. The molecule has 2 aliphatic rings. The molecule has 1 aliphatic heterocycles. The van der Waals surface area contributed by atoms with E-state index in [1.54, 1.807) is 24.3 Å². The van der Waals surface area contributed by atoms with Gasteiger partial charge in [-0.15, -0.1) is 0 Å². The predicted octanol–water partition coefficient (Wildman–Crippen LogP) is 1.60. The smallest absolute Gasteiger partial charge is 0.346 e. The van der Waals surface area contributed by atoms with E-state index < -0.39 is 12.1 Å². The van der Waals surface area contributed by atoms with Gasteiger partial charge in [0.15, 0.2) is 0 Å². The number of amides is 2. The number of hydrogen-bond donors (Lipinski definition) is 2. The van der Waals surface area contributed by atoms with Crippen LogP contribution in [0.1, 0.15) is 19.3 Å². The van der Waals surface area contributed by atoms with Crippen molar-refractivity contribution in [2.24, 2.45) is 0 Å². The maximum atomic E-state index is 12.3. The van der Waals surface area contributed by atoms with Crippen molar-refractivity contribution < 1.29 is 19.4 Å². The second-order valence-electron chi connectivity index (χ2n) is 5.10. The van der Waals surface area contributed by atoms with Gasteiger partial charge in [-0.25, -0.2) is 9.59 Å². The van der Waals surface area contributed by atoms with Crippen molar-refractivity contribution >= 4 is 17.7 Å². The van der Waals surface area contributed by atoms with E-state index in [1.165, 1.54) is 4.90 Å². The van der Waals surface area contributed by atoms with Crippen LogP contribution in [0.2, 0.25) is 0 Å². The van der Waals surface area contributed by atoms with Gasteiger partial charge in [0.05, 0.1) is 12.2 Å². The first-order valence-corrected chi connectivity index (χ1v) is 6.71. The number of carboxylic acid groups (broad SMARTS) is 1. The molecule has 2 N–H and O–H groups in total. The molecule has 1 atom stereocenters. The Morgan fingerprint density at radius 2 is 2.05 bits per heavy atom. The molecule has 0 saturated heterocycles. The molecular weight excluding hydrogens is 260 g/mol. The normalized spacial score (nSPS) is 21.4. The molecule has 0 radical (unpaired) electrons. The number of benzene rings is 1. The number of carbonyl (C=O) groups is 2. The van der Waals surface area contributed by atoms with Crippen molar-refractivity contribution in [3.63, 3.8) is 0 Å². The highest BCUT2D eigenvalue weighted by atomic mass is 16.5. The summed E-state index contributed by atoms with van der Waals surface area (Å²) in [6, 6.07) is 6.94. The van der Waals surface area contributed by atoms with Crippen LogP contribution in [0, 0.1) is 0 Å². The highest BCUT2D eigenvalue weighted by Crippen LogP contribution is 2.33. The minimum Gasteiger partial charge on any atom is -0.478 e. The van der Waals surface area contributed by atoms with Gasteiger partial charge in [0, 0.05) is 6.04 Å². The van der Waals surface area contributed by atoms with E-state index in [1.807, 2.05) is 0 Å². The molecule has 1 aromatic carbocycles. The maximum absolute atomic E-state index is 12.3. The molecule has 1 saturated carbocycles. The average molecular weight is 276 g/mol. The highest BCUT2D eigenvalue weighted by molar-refractivity contribution is 5.95. The number of anilines is 1. The number of nitrogens with zero attached hydrogens (tertiary/aromatic N) is 1. The third-order valence-electron chi connectivity index (χ3n) is 3.73. The maximum Gasteiger partial charge on any atom is 0.346 e. The third kappa shape index (κ3) is 2.29. The number of para-hydroxylation sites is 2. The fourth-order valence-corrected chi connectivity index (χ4v) is 2.36. The van der Waals surface area contributed by atoms with Gasteiger partial charge in [-0.2, -0.15) is 0 Å². The molecule has 6 heteroatoms. The second kappa shape index (κ2) is 5.03. The van der Waals surface area contributed by atoms with E-state index in [-0.39, 0.29) is 18.6 Å². The molecule has 0 aromatic heterocycles. The highest BCUT2D eigenvalue weighted by Gasteiger charge is 2.34. The topological polar surface area (TPSA) is 78.9 Å².